The van der Waals surface area contributed by atoms with Crippen molar-refractivity contribution in [2.24, 2.45) is 16.8 Å². The molecule has 2 aromatic heterocycles. The number of benzene rings is 1. The van der Waals surface area contributed by atoms with Gasteiger partial charge in [-0.05, 0) is 66.8 Å². The van der Waals surface area contributed by atoms with Gasteiger partial charge in [-0.3, -0.25) is 15.0 Å². The minimum atomic E-state index is 0.653. The summed E-state index contributed by atoms with van der Waals surface area (Å²) >= 11 is 0. The molecular weight excluding hydrogens is 320 g/mol. The molecule has 1 aromatic carbocycles. The van der Waals surface area contributed by atoms with Gasteiger partial charge in [-0.1, -0.05) is 13.0 Å². The van der Waals surface area contributed by atoms with Crippen LogP contribution in [-0.2, 0) is 13.0 Å². The summed E-state index contributed by atoms with van der Waals surface area (Å²) in [4.78, 5) is 13.7. The first kappa shape index (κ1) is 15.5. The zero-order valence-electron chi connectivity index (χ0n) is 14.9. The Balaban J connectivity index is 1.40. The van der Waals surface area contributed by atoms with Crippen LogP contribution in [0.25, 0.3) is 10.8 Å². The van der Waals surface area contributed by atoms with Gasteiger partial charge in [-0.15, -0.1) is 0 Å². The predicted molar refractivity (Wildman–Crippen MR) is 105 cm³/mol. The average Bonchev–Trinajstić information content (AvgIpc) is 3.03. The summed E-state index contributed by atoms with van der Waals surface area (Å²) in [5.74, 6) is 2.60. The number of rotatable bonds is 3. The Bertz CT molecular complexity index is 1000. The Morgan fingerprint density at radius 2 is 2.00 bits per heavy atom. The molecule has 1 aliphatic carbocycles. The van der Waals surface area contributed by atoms with Gasteiger partial charge >= 0.3 is 0 Å². The van der Waals surface area contributed by atoms with E-state index in [9.17, 15) is 0 Å². The van der Waals surface area contributed by atoms with Crippen LogP contribution in [0.15, 0.2) is 53.8 Å². The number of nitrogens with one attached hydrogen (secondary N) is 1. The van der Waals surface area contributed by atoms with E-state index in [1.54, 1.807) is 0 Å². The van der Waals surface area contributed by atoms with Crippen LogP contribution in [0.5, 0.6) is 0 Å². The normalized spacial score (nSPS) is 21.2. The zero-order chi connectivity index (χ0) is 17.5. The average molecular weight is 342 g/mol. The van der Waals surface area contributed by atoms with E-state index in [0.717, 1.165) is 41.0 Å². The first-order valence-electron chi connectivity index (χ1n) is 9.39. The van der Waals surface area contributed by atoms with Crippen LogP contribution in [0.4, 0.5) is 5.69 Å². The number of pyridine rings is 2. The van der Waals surface area contributed by atoms with Crippen LogP contribution in [0.1, 0.15) is 36.7 Å². The molecule has 4 nitrogen and oxygen atoms in total. The van der Waals surface area contributed by atoms with Crippen molar-refractivity contribution in [2.75, 3.05) is 5.32 Å². The van der Waals surface area contributed by atoms with E-state index in [0.29, 0.717) is 6.54 Å². The molecule has 3 heterocycles. The highest BCUT2D eigenvalue weighted by Crippen LogP contribution is 2.36. The van der Waals surface area contributed by atoms with Gasteiger partial charge in [-0.25, -0.2) is 0 Å². The summed E-state index contributed by atoms with van der Waals surface area (Å²) in [5.41, 5.74) is 4.43. The molecule has 3 aromatic rings. The summed E-state index contributed by atoms with van der Waals surface area (Å²) in [6, 6.07) is 12.7. The third-order valence-electron chi connectivity index (χ3n) is 5.60. The van der Waals surface area contributed by atoms with E-state index in [1.807, 2.05) is 18.5 Å². The molecule has 1 N–H and O–H groups in total. The molecular formula is C22H22N4. The van der Waals surface area contributed by atoms with Gasteiger partial charge in [0.2, 0.25) is 0 Å². The number of nitrogens with zero attached hydrogens (tertiary/aromatic N) is 3. The van der Waals surface area contributed by atoms with Crippen LogP contribution in [-0.4, -0.2) is 15.8 Å². The van der Waals surface area contributed by atoms with Crippen molar-refractivity contribution in [2.45, 2.75) is 32.7 Å². The molecule has 26 heavy (non-hydrogen) atoms. The second kappa shape index (κ2) is 6.20. The van der Waals surface area contributed by atoms with Crippen LogP contribution in [0, 0.1) is 11.8 Å². The Morgan fingerprint density at radius 3 is 2.88 bits per heavy atom. The molecule has 1 aliphatic heterocycles. The molecule has 1 fully saturated rings. The van der Waals surface area contributed by atoms with Gasteiger partial charge in [0.1, 0.15) is 5.84 Å². The standard InChI is InChI=1S/C22H22N4/c1-14-9-15(10-14)11-20-18-5-4-17(12-16(18)6-8-24-20)26-22-19-3-2-7-23-21(19)13-25-22/h2-8,12,14-15H,9-11,13H2,1H3,(H,25,26). The van der Waals surface area contributed by atoms with Crippen molar-refractivity contribution in [1.29, 1.82) is 0 Å². The fourth-order valence-electron chi connectivity index (χ4n) is 4.25. The Labute approximate surface area is 153 Å². The number of aromatic nitrogens is 2. The number of fused-ring (bicyclic) bond motifs is 2. The summed E-state index contributed by atoms with van der Waals surface area (Å²) in [6.45, 7) is 2.99. The summed E-state index contributed by atoms with van der Waals surface area (Å²) in [5, 5.41) is 5.97. The second-order valence-corrected chi connectivity index (χ2v) is 7.63. The predicted octanol–water partition coefficient (Wildman–Crippen LogP) is 4.59. The van der Waals surface area contributed by atoms with Crippen molar-refractivity contribution < 1.29 is 0 Å². The highest BCUT2D eigenvalue weighted by Gasteiger charge is 2.26. The molecule has 130 valence electrons. The molecule has 0 spiro atoms. The van der Waals surface area contributed by atoms with Gasteiger partial charge in [-0.2, -0.15) is 0 Å². The van der Waals surface area contributed by atoms with E-state index in [2.05, 4.69) is 57.5 Å². The van der Waals surface area contributed by atoms with Gasteiger partial charge in [0, 0.05) is 34.7 Å². The van der Waals surface area contributed by atoms with Crippen molar-refractivity contribution in [3.8, 4) is 0 Å². The summed E-state index contributed by atoms with van der Waals surface area (Å²) < 4.78 is 0. The maximum atomic E-state index is 4.66. The third-order valence-corrected chi connectivity index (χ3v) is 5.60. The lowest BCUT2D eigenvalue weighted by Crippen LogP contribution is -2.23. The molecule has 0 atom stereocenters. The van der Waals surface area contributed by atoms with E-state index >= 15 is 0 Å². The van der Waals surface area contributed by atoms with Crippen molar-refractivity contribution in [3.05, 3.63) is 65.7 Å². The fourth-order valence-corrected chi connectivity index (χ4v) is 4.25. The van der Waals surface area contributed by atoms with E-state index in [4.69, 9.17) is 0 Å². The second-order valence-electron chi connectivity index (χ2n) is 7.63. The van der Waals surface area contributed by atoms with Gasteiger partial charge in [0.25, 0.3) is 0 Å². The molecule has 0 unspecified atom stereocenters. The molecule has 4 heteroatoms. The van der Waals surface area contributed by atoms with Crippen LogP contribution in [0.2, 0.25) is 0 Å². The molecule has 2 aliphatic rings. The van der Waals surface area contributed by atoms with Crippen molar-refractivity contribution >= 4 is 22.3 Å². The van der Waals surface area contributed by atoms with E-state index in [1.165, 1.54) is 29.3 Å². The SMILES string of the molecule is CC1CC(Cc2nccc3cc(NC4=NCc5ncccc54)ccc23)C1. The minimum Gasteiger partial charge on any atom is -0.340 e. The number of hydrogen-bond donors (Lipinski definition) is 1. The van der Waals surface area contributed by atoms with Crippen molar-refractivity contribution in [1.82, 2.24) is 9.97 Å². The van der Waals surface area contributed by atoms with Crippen LogP contribution < -0.4 is 5.32 Å². The van der Waals surface area contributed by atoms with Gasteiger partial charge < -0.3 is 5.32 Å². The van der Waals surface area contributed by atoms with Crippen LogP contribution >= 0.6 is 0 Å². The number of amidine groups is 1. The van der Waals surface area contributed by atoms with Gasteiger partial charge in [0.15, 0.2) is 0 Å². The maximum Gasteiger partial charge on any atom is 0.135 e. The quantitative estimate of drug-likeness (QED) is 0.757. The lowest BCUT2D eigenvalue weighted by Gasteiger charge is -2.32. The molecule has 0 bridgehead atoms. The molecule has 5 rings (SSSR count). The number of aliphatic imine (C=N–C) groups is 1. The molecule has 1 saturated carbocycles. The number of anilines is 1. The van der Waals surface area contributed by atoms with Gasteiger partial charge in [0.05, 0.1) is 12.2 Å². The molecule has 0 radical (unpaired) electrons. The summed E-state index contributed by atoms with van der Waals surface area (Å²) in [6.07, 6.45) is 7.54. The lowest BCUT2D eigenvalue weighted by atomic mass is 9.73. The van der Waals surface area contributed by atoms with E-state index in [-0.39, 0.29) is 0 Å². The lowest BCUT2D eigenvalue weighted by molar-refractivity contribution is 0.210. The van der Waals surface area contributed by atoms with Crippen LogP contribution in [0.3, 0.4) is 0 Å². The minimum absolute atomic E-state index is 0.653. The topological polar surface area (TPSA) is 50.2 Å². The first-order chi connectivity index (χ1) is 12.8. The molecule has 0 amide bonds. The maximum absolute atomic E-state index is 4.66. The largest absolute Gasteiger partial charge is 0.340 e. The first-order valence-corrected chi connectivity index (χ1v) is 9.39. The van der Waals surface area contributed by atoms with Crippen molar-refractivity contribution in [3.63, 3.8) is 0 Å². The smallest absolute Gasteiger partial charge is 0.135 e. The summed E-state index contributed by atoms with van der Waals surface area (Å²) in [7, 11) is 0. The highest BCUT2D eigenvalue weighted by molar-refractivity contribution is 6.10. The zero-order valence-corrected chi connectivity index (χ0v) is 14.9. The highest BCUT2D eigenvalue weighted by atomic mass is 15.0. The Kier molecular flexibility index (Phi) is 3.70. The monoisotopic (exact) mass is 342 g/mol. The Hall–Kier alpha value is -2.75. The fraction of sp³-hybridized carbons (Fsp3) is 0.318. The Morgan fingerprint density at radius 1 is 1.08 bits per heavy atom. The number of hydrogen-bond acceptors (Lipinski definition) is 4. The third kappa shape index (κ3) is 2.75. The van der Waals surface area contributed by atoms with E-state index < -0.39 is 0 Å². The molecule has 0 saturated heterocycles.